The Morgan fingerprint density at radius 2 is 1.42 bits per heavy atom. The standard InChI is InChI=1S/C16H29NO2/c1-2-3-4-5-6-7-8-9-10-11-12-13-15-14-19-16(18)17-15/h14H,2-13H2,1H3,(H,17,18). The minimum atomic E-state index is -0.335. The number of rotatable bonds is 12. The number of nitrogens with one attached hydrogen (secondary N) is 1. The van der Waals surface area contributed by atoms with E-state index in [1.165, 1.54) is 64.2 Å². The Morgan fingerprint density at radius 1 is 0.895 bits per heavy atom. The van der Waals surface area contributed by atoms with Gasteiger partial charge in [-0.2, -0.15) is 0 Å². The van der Waals surface area contributed by atoms with E-state index in [0.717, 1.165) is 18.5 Å². The van der Waals surface area contributed by atoms with Crippen molar-refractivity contribution in [3.63, 3.8) is 0 Å². The summed E-state index contributed by atoms with van der Waals surface area (Å²) in [6.45, 7) is 2.26. The highest BCUT2D eigenvalue weighted by Gasteiger charge is 1.98. The van der Waals surface area contributed by atoms with E-state index >= 15 is 0 Å². The molecule has 0 bridgehead atoms. The molecule has 0 unspecified atom stereocenters. The Labute approximate surface area is 116 Å². The SMILES string of the molecule is CCCCCCCCCCCCCc1coc(=O)[nH]1. The molecule has 3 heteroatoms. The molecule has 0 saturated carbocycles. The number of aryl methyl sites for hydroxylation is 1. The van der Waals surface area contributed by atoms with Crippen molar-refractivity contribution in [3.05, 3.63) is 22.5 Å². The first-order valence-electron chi connectivity index (χ1n) is 7.99. The molecule has 1 rings (SSSR count). The van der Waals surface area contributed by atoms with Gasteiger partial charge in [0.25, 0.3) is 0 Å². The van der Waals surface area contributed by atoms with Gasteiger partial charge in [-0.15, -0.1) is 0 Å². The van der Waals surface area contributed by atoms with Gasteiger partial charge < -0.3 is 4.42 Å². The van der Waals surface area contributed by atoms with Gasteiger partial charge in [0.1, 0.15) is 6.26 Å². The Hall–Kier alpha value is -0.990. The number of oxazole rings is 1. The molecule has 19 heavy (non-hydrogen) atoms. The molecule has 1 N–H and O–H groups in total. The van der Waals surface area contributed by atoms with Crippen molar-refractivity contribution in [1.82, 2.24) is 4.98 Å². The maximum absolute atomic E-state index is 10.8. The Morgan fingerprint density at radius 3 is 1.89 bits per heavy atom. The fraction of sp³-hybridized carbons (Fsp3) is 0.812. The van der Waals surface area contributed by atoms with Crippen LogP contribution in [0.15, 0.2) is 15.5 Å². The van der Waals surface area contributed by atoms with Gasteiger partial charge in [0.05, 0.1) is 5.69 Å². The van der Waals surface area contributed by atoms with Gasteiger partial charge in [-0.25, -0.2) is 4.79 Å². The van der Waals surface area contributed by atoms with Crippen molar-refractivity contribution >= 4 is 0 Å². The summed E-state index contributed by atoms with van der Waals surface area (Å²) in [7, 11) is 0. The lowest BCUT2D eigenvalue weighted by atomic mass is 10.0. The van der Waals surface area contributed by atoms with Crippen molar-refractivity contribution in [3.8, 4) is 0 Å². The van der Waals surface area contributed by atoms with E-state index in [-0.39, 0.29) is 5.76 Å². The van der Waals surface area contributed by atoms with E-state index in [1.54, 1.807) is 6.26 Å². The molecule has 0 atom stereocenters. The molecule has 1 aromatic heterocycles. The van der Waals surface area contributed by atoms with Crippen molar-refractivity contribution in [1.29, 1.82) is 0 Å². The van der Waals surface area contributed by atoms with Crippen molar-refractivity contribution in [2.45, 2.75) is 84.0 Å². The summed E-state index contributed by atoms with van der Waals surface area (Å²) in [6, 6.07) is 0. The number of hydrogen-bond acceptors (Lipinski definition) is 2. The molecule has 0 amide bonds. The third-order valence-electron chi connectivity index (χ3n) is 3.62. The highest BCUT2D eigenvalue weighted by molar-refractivity contribution is 4.90. The monoisotopic (exact) mass is 267 g/mol. The van der Waals surface area contributed by atoms with Crippen molar-refractivity contribution in [2.75, 3.05) is 0 Å². The molecular weight excluding hydrogens is 238 g/mol. The van der Waals surface area contributed by atoms with Crippen LogP contribution in [0.5, 0.6) is 0 Å². The fourth-order valence-corrected chi connectivity index (χ4v) is 2.42. The number of aromatic amines is 1. The quantitative estimate of drug-likeness (QED) is 0.552. The summed E-state index contributed by atoms with van der Waals surface area (Å²) in [4.78, 5) is 13.5. The van der Waals surface area contributed by atoms with Crippen LogP contribution in [0.3, 0.4) is 0 Å². The van der Waals surface area contributed by atoms with Crippen LogP contribution in [0.1, 0.15) is 83.2 Å². The second kappa shape index (κ2) is 10.9. The summed E-state index contributed by atoms with van der Waals surface area (Å²) < 4.78 is 4.70. The molecule has 0 saturated heterocycles. The predicted molar refractivity (Wildman–Crippen MR) is 79.5 cm³/mol. The average molecular weight is 267 g/mol. The maximum atomic E-state index is 10.8. The molecule has 3 nitrogen and oxygen atoms in total. The largest absolute Gasteiger partial charge is 0.416 e. The predicted octanol–water partition coefficient (Wildman–Crippen LogP) is 4.82. The third-order valence-corrected chi connectivity index (χ3v) is 3.62. The highest BCUT2D eigenvalue weighted by Crippen LogP contribution is 2.12. The number of H-pyrrole nitrogens is 1. The van der Waals surface area contributed by atoms with E-state index in [1.807, 2.05) is 0 Å². The van der Waals surface area contributed by atoms with Gasteiger partial charge in [0, 0.05) is 0 Å². The Bertz CT molecular complexity index is 354. The van der Waals surface area contributed by atoms with Crippen LogP contribution in [-0.4, -0.2) is 4.98 Å². The molecular formula is C16H29NO2. The summed E-state index contributed by atoms with van der Waals surface area (Å²) >= 11 is 0. The van der Waals surface area contributed by atoms with Gasteiger partial charge in [-0.1, -0.05) is 71.1 Å². The summed E-state index contributed by atoms with van der Waals surface area (Å²) in [6.07, 6.45) is 17.3. The first kappa shape index (κ1) is 16.1. The molecule has 0 radical (unpaired) electrons. The smallest absolute Gasteiger partial charge is 0.416 e. The highest BCUT2D eigenvalue weighted by atomic mass is 16.4. The molecule has 1 heterocycles. The Balaban J connectivity index is 1.80. The van der Waals surface area contributed by atoms with Crippen LogP contribution in [0.2, 0.25) is 0 Å². The van der Waals surface area contributed by atoms with E-state index in [0.29, 0.717) is 0 Å². The van der Waals surface area contributed by atoms with Gasteiger partial charge >= 0.3 is 5.76 Å². The van der Waals surface area contributed by atoms with Gasteiger partial charge in [0.15, 0.2) is 0 Å². The molecule has 0 aliphatic heterocycles. The van der Waals surface area contributed by atoms with Crippen LogP contribution in [0.25, 0.3) is 0 Å². The molecule has 0 aromatic carbocycles. The molecule has 1 aromatic rings. The number of hydrogen-bond donors (Lipinski definition) is 1. The lowest BCUT2D eigenvalue weighted by molar-refractivity contribution is 0.514. The van der Waals surface area contributed by atoms with Crippen LogP contribution in [-0.2, 0) is 6.42 Å². The topological polar surface area (TPSA) is 46.0 Å². The number of unbranched alkanes of at least 4 members (excludes halogenated alkanes) is 10. The molecule has 110 valence electrons. The van der Waals surface area contributed by atoms with Crippen LogP contribution >= 0.6 is 0 Å². The van der Waals surface area contributed by atoms with Crippen molar-refractivity contribution in [2.24, 2.45) is 0 Å². The minimum absolute atomic E-state index is 0.335. The zero-order valence-corrected chi connectivity index (χ0v) is 12.4. The number of aromatic nitrogens is 1. The minimum Gasteiger partial charge on any atom is -0.416 e. The maximum Gasteiger partial charge on any atom is 0.416 e. The van der Waals surface area contributed by atoms with Crippen LogP contribution in [0, 0.1) is 0 Å². The lowest BCUT2D eigenvalue weighted by Crippen LogP contribution is -1.97. The fourth-order valence-electron chi connectivity index (χ4n) is 2.42. The van der Waals surface area contributed by atoms with E-state index in [9.17, 15) is 4.79 Å². The lowest BCUT2D eigenvalue weighted by Gasteiger charge is -2.02. The first-order valence-corrected chi connectivity index (χ1v) is 7.99. The van der Waals surface area contributed by atoms with Gasteiger partial charge in [0.2, 0.25) is 0 Å². The average Bonchev–Trinajstić information content (AvgIpc) is 2.82. The summed E-state index contributed by atoms with van der Waals surface area (Å²) in [5.74, 6) is -0.335. The van der Waals surface area contributed by atoms with E-state index in [4.69, 9.17) is 4.42 Å². The zero-order chi connectivity index (χ0) is 13.8. The first-order chi connectivity index (χ1) is 9.33. The van der Waals surface area contributed by atoms with E-state index in [2.05, 4.69) is 11.9 Å². The second-order valence-electron chi connectivity index (χ2n) is 5.46. The zero-order valence-electron chi connectivity index (χ0n) is 12.4. The summed E-state index contributed by atoms with van der Waals surface area (Å²) in [5, 5.41) is 0. The molecule has 0 aliphatic rings. The third kappa shape index (κ3) is 8.68. The normalized spacial score (nSPS) is 11.0. The Kier molecular flexibility index (Phi) is 9.21. The molecule has 0 aliphatic carbocycles. The van der Waals surface area contributed by atoms with Gasteiger partial charge in [-0.05, 0) is 12.8 Å². The molecule has 0 fully saturated rings. The van der Waals surface area contributed by atoms with E-state index < -0.39 is 0 Å². The van der Waals surface area contributed by atoms with Gasteiger partial charge in [-0.3, -0.25) is 4.98 Å². The summed E-state index contributed by atoms with van der Waals surface area (Å²) in [5.41, 5.74) is 0.931. The van der Waals surface area contributed by atoms with Crippen LogP contribution in [0.4, 0.5) is 0 Å². The molecule has 0 spiro atoms. The van der Waals surface area contributed by atoms with Crippen molar-refractivity contribution < 1.29 is 4.42 Å². The second-order valence-corrected chi connectivity index (χ2v) is 5.46. The van der Waals surface area contributed by atoms with Crippen LogP contribution < -0.4 is 5.76 Å².